The van der Waals surface area contributed by atoms with Crippen LogP contribution < -0.4 is 5.32 Å². The van der Waals surface area contributed by atoms with Crippen molar-refractivity contribution >= 4 is 0 Å². The van der Waals surface area contributed by atoms with Gasteiger partial charge in [0.05, 0.1) is 6.61 Å². The standard InChI is InChI=1S/C15H32N2O/c1-13(2)16-15(4,12-18)8-11-17-9-5-6-14(3)7-10-17/h13-14,16,18H,5-12H2,1-4H3. The zero-order valence-corrected chi connectivity index (χ0v) is 12.7. The maximum atomic E-state index is 9.58. The quantitative estimate of drug-likeness (QED) is 0.765. The van der Waals surface area contributed by atoms with E-state index in [4.69, 9.17) is 0 Å². The highest BCUT2D eigenvalue weighted by atomic mass is 16.3. The maximum Gasteiger partial charge on any atom is 0.0611 e. The molecule has 1 saturated heterocycles. The summed E-state index contributed by atoms with van der Waals surface area (Å²) in [5.74, 6) is 0.882. The maximum absolute atomic E-state index is 9.58. The zero-order valence-electron chi connectivity index (χ0n) is 12.7. The average molecular weight is 256 g/mol. The lowest BCUT2D eigenvalue weighted by atomic mass is 9.97. The molecule has 1 aliphatic heterocycles. The second-order valence-electron chi connectivity index (χ2n) is 6.65. The van der Waals surface area contributed by atoms with Crippen molar-refractivity contribution in [2.75, 3.05) is 26.2 Å². The molecule has 0 radical (unpaired) electrons. The molecule has 2 atom stereocenters. The minimum atomic E-state index is -0.133. The van der Waals surface area contributed by atoms with Crippen LogP contribution in [0.5, 0.6) is 0 Å². The molecule has 0 aliphatic carbocycles. The van der Waals surface area contributed by atoms with Gasteiger partial charge >= 0.3 is 0 Å². The molecule has 0 aromatic heterocycles. The monoisotopic (exact) mass is 256 g/mol. The summed E-state index contributed by atoms with van der Waals surface area (Å²) in [6.45, 7) is 12.6. The summed E-state index contributed by atoms with van der Waals surface area (Å²) in [5.41, 5.74) is -0.133. The topological polar surface area (TPSA) is 35.5 Å². The van der Waals surface area contributed by atoms with Crippen LogP contribution in [0.1, 0.15) is 53.4 Å². The van der Waals surface area contributed by atoms with Crippen molar-refractivity contribution in [3.8, 4) is 0 Å². The first-order chi connectivity index (χ1) is 8.45. The first kappa shape index (κ1) is 15.9. The second kappa shape index (κ2) is 7.46. The molecule has 1 aliphatic rings. The molecule has 2 unspecified atom stereocenters. The van der Waals surface area contributed by atoms with Crippen LogP contribution in [-0.2, 0) is 0 Å². The predicted octanol–water partition coefficient (Wildman–Crippen LogP) is 2.25. The van der Waals surface area contributed by atoms with E-state index in [2.05, 4.69) is 37.9 Å². The highest BCUT2D eigenvalue weighted by Crippen LogP contribution is 2.18. The van der Waals surface area contributed by atoms with Crippen molar-refractivity contribution in [2.24, 2.45) is 5.92 Å². The van der Waals surface area contributed by atoms with Gasteiger partial charge in [0.15, 0.2) is 0 Å². The summed E-state index contributed by atoms with van der Waals surface area (Å²) < 4.78 is 0. The van der Waals surface area contributed by atoms with Crippen molar-refractivity contribution in [1.29, 1.82) is 0 Å². The molecule has 2 N–H and O–H groups in total. The summed E-state index contributed by atoms with van der Waals surface area (Å²) in [5, 5.41) is 13.1. The summed E-state index contributed by atoms with van der Waals surface area (Å²) >= 11 is 0. The van der Waals surface area contributed by atoms with Gasteiger partial charge in [-0.05, 0) is 58.2 Å². The lowest BCUT2D eigenvalue weighted by Gasteiger charge is -2.33. The van der Waals surface area contributed by atoms with Crippen LogP contribution in [-0.4, -0.2) is 47.8 Å². The Hall–Kier alpha value is -0.120. The third-order valence-electron chi connectivity index (χ3n) is 4.08. The fourth-order valence-corrected chi connectivity index (χ4v) is 2.84. The van der Waals surface area contributed by atoms with Crippen molar-refractivity contribution in [3.63, 3.8) is 0 Å². The lowest BCUT2D eigenvalue weighted by molar-refractivity contribution is 0.138. The van der Waals surface area contributed by atoms with Gasteiger partial charge in [0.25, 0.3) is 0 Å². The van der Waals surface area contributed by atoms with Crippen molar-refractivity contribution in [3.05, 3.63) is 0 Å². The van der Waals surface area contributed by atoms with E-state index >= 15 is 0 Å². The molecule has 0 bridgehead atoms. The van der Waals surface area contributed by atoms with E-state index in [9.17, 15) is 5.11 Å². The van der Waals surface area contributed by atoms with E-state index in [0.29, 0.717) is 6.04 Å². The highest BCUT2D eigenvalue weighted by Gasteiger charge is 2.25. The number of hydrogen-bond donors (Lipinski definition) is 2. The van der Waals surface area contributed by atoms with Gasteiger partial charge in [-0.2, -0.15) is 0 Å². The Balaban J connectivity index is 2.37. The van der Waals surface area contributed by atoms with Crippen LogP contribution in [0, 0.1) is 5.92 Å². The highest BCUT2D eigenvalue weighted by molar-refractivity contribution is 4.85. The molecule has 3 nitrogen and oxygen atoms in total. The van der Waals surface area contributed by atoms with Gasteiger partial charge in [-0.3, -0.25) is 0 Å². The van der Waals surface area contributed by atoms with Gasteiger partial charge in [0, 0.05) is 11.6 Å². The van der Waals surface area contributed by atoms with Crippen molar-refractivity contribution in [1.82, 2.24) is 10.2 Å². The summed E-state index contributed by atoms with van der Waals surface area (Å²) in [6.07, 6.45) is 5.05. The number of nitrogens with zero attached hydrogens (tertiary/aromatic N) is 1. The third kappa shape index (κ3) is 5.68. The Morgan fingerprint density at radius 2 is 2.06 bits per heavy atom. The molecule has 3 heteroatoms. The summed E-state index contributed by atoms with van der Waals surface area (Å²) in [7, 11) is 0. The number of nitrogens with one attached hydrogen (secondary N) is 1. The van der Waals surface area contributed by atoms with Crippen LogP contribution in [0.3, 0.4) is 0 Å². The first-order valence-electron chi connectivity index (χ1n) is 7.56. The van der Waals surface area contributed by atoms with Crippen LogP contribution in [0.4, 0.5) is 0 Å². The molecule has 1 heterocycles. The Morgan fingerprint density at radius 1 is 1.33 bits per heavy atom. The number of hydrogen-bond acceptors (Lipinski definition) is 3. The number of aliphatic hydroxyl groups is 1. The van der Waals surface area contributed by atoms with E-state index < -0.39 is 0 Å². The van der Waals surface area contributed by atoms with Crippen LogP contribution in [0.15, 0.2) is 0 Å². The van der Waals surface area contributed by atoms with Crippen LogP contribution in [0.2, 0.25) is 0 Å². The SMILES string of the molecule is CC1CCCN(CCC(C)(CO)NC(C)C)CC1. The predicted molar refractivity (Wildman–Crippen MR) is 77.8 cm³/mol. The minimum absolute atomic E-state index is 0.133. The van der Waals surface area contributed by atoms with E-state index in [1.54, 1.807) is 0 Å². The molecule has 108 valence electrons. The lowest BCUT2D eigenvalue weighted by Crippen LogP contribution is -2.51. The van der Waals surface area contributed by atoms with Gasteiger partial charge < -0.3 is 15.3 Å². The first-order valence-corrected chi connectivity index (χ1v) is 7.56. The molecule has 0 aromatic rings. The number of rotatable bonds is 6. The van der Waals surface area contributed by atoms with Crippen molar-refractivity contribution in [2.45, 2.75) is 65.0 Å². The molecular formula is C15H32N2O. The Kier molecular flexibility index (Phi) is 6.61. The number of likely N-dealkylation sites (tertiary alicyclic amines) is 1. The Morgan fingerprint density at radius 3 is 2.67 bits per heavy atom. The van der Waals surface area contributed by atoms with E-state index in [1.807, 2.05) is 0 Å². The van der Waals surface area contributed by atoms with E-state index in [0.717, 1.165) is 18.9 Å². The molecule has 18 heavy (non-hydrogen) atoms. The summed E-state index contributed by atoms with van der Waals surface area (Å²) in [6, 6.07) is 0.423. The smallest absolute Gasteiger partial charge is 0.0611 e. The van der Waals surface area contributed by atoms with Gasteiger partial charge in [-0.15, -0.1) is 0 Å². The van der Waals surface area contributed by atoms with Crippen molar-refractivity contribution < 1.29 is 5.11 Å². The second-order valence-corrected chi connectivity index (χ2v) is 6.65. The van der Waals surface area contributed by atoms with E-state index in [-0.39, 0.29) is 12.1 Å². The van der Waals surface area contributed by atoms with Gasteiger partial charge in [-0.1, -0.05) is 20.8 Å². The molecule has 0 amide bonds. The van der Waals surface area contributed by atoms with E-state index in [1.165, 1.54) is 32.4 Å². The van der Waals surface area contributed by atoms with Gasteiger partial charge in [0.2, 0.25) is 0 Å². The molecule has 1 rings (SSSR count). The number of aliphatic hydroxyl groups excluding tert-OH is 1. The van der Waals surface area contributed by atoms with Crippen LogP contribution in [0.25, 0.3) is 0 Å². The average Bonchev–Trinajstić information content (AvgIpc) is 2.51. The molecule has 1 fully saturated rings. The molecular weight excluding hydrogens is 224 g/mol. The third-order valence-corrected chi connectivity index (χ3v) is 4.08. The Bertz CT molecular complexity index is 233. The van der Waals surface area contributed by atoms with Gasteiger partial charge in [-0.25, -0.2) is 0 Å². The minimum Gasteiger partial charge on any atom is -0.394 e. The summed E-state index contributed by atoms with van der Waals surface area (Å²) in [4.78, 5) is 2.57. The zero-order chi connectivity index (χ0) is 13.6. The fourth-order valence-electron chi connectivity index (χ4n) is 2.84. The molecule has 0 saturated carbocycles. The Labute approximate surface area is 113 Å². The molecule has 0 aromatic carbocycles. The fraction of sp³-hybridized carbons (Fsp3) is 1.00. The largest absolute Gasteiger partial charge is 0.394 e. The normalized spacial score (nSPS) is 26.0. The van der Waals surface area contributed by atoms with Crippen LogP contribution >= 0.6 is 0 Å². The van der Waals surface area contributed by atoms with Gasteiger partial charge in [0.1, 0.15) is 0 Å². The molecule has 0 spiro atoms.